The van der Waals surface area contributed by atoms with E-state index in [4.69, 9.17) is 19.6 Å². The Kier molecular flexibility index (Phi) is 5.83. The monoisotopic (exact) mass is 446 g/mol. The lowest BCUT2D eigenvalue weighted by Gasteiger charge is -2.14. The van der Waals surface area contributed by atoms with Gasteiger partial charge in [0.15, 0.2) is 17.5 Å². The second-order valence-electron chi connectivity index (χ2n) is 6.90. The molecule has 0 saturated carbocycles. The summed E-state index contributed by atoms with van der Waals surface area (Å²) in [5.74, 6) is -2.58. The standard InChI is InChI=1S/C20H18N2O8S/c23-10-22-8-14(24)12-2-1-3-13-18(12)20(13,30-28-9-16(25)26)19(27)29-17-6-11-7-21-5-4-15(11)31-17/h1-3,6,10,21H,4-5,7-9H2,(H,22,23)(H,25,26). The SMILES string of the molecule is O=CNCC(=O)c1cccc2c1C2(OOCC(=O)O)C(=O)Oc1cc2c(s1)CCNC2. The molecular weight excluding hydrogens is 428 g/mol. The number of benzene rings is 1. The molecule has 1 atom stereocenters. The van der Waals surface area contributed by atoms with Gasteiger partial charge in [-0.3, -0.25) is 9.59 Å². The minimum Gasteiger partial charge on any atom is -0.479 e. The maximum atomic E-state index is 13.2. The molecule has 2 aliphatic rings. The van der Waals surface area contributed by atoms with Crippen LogP contribution in [0.4, 0.5) is 0 Å². The topological polar surface area (TPSA) is 140 Å². The number of amides is 1. The molecule has 1 aromatic heterocycles. The van der Waals surface area contributed by atoms with Gasteiger partial charge in [0.1, 0.15) is 0 Å². The lowest BCUT2D eigenvalue weighted by Crippen LogP contribution is -2.32. The van der Waals surface area contributed by atoms with E-state index in [-0.39, 0.29) is 17.7 Å². The number of ketones is 1. The summed E-state index contributed by atoms with van der Waals surface area (Å²) in [6.07, 6.45) is 1.21. The van der Waals surface area contributed by atoms with Crippen LogP contribution in [-0.2, 0) is 42.7 Å². The molecule has 4 rings (SSSR count). The van der Waals surface area contributed by atoms with Gasteiger partial charge < -0.3 is 20.5 Å². The summed E-state index contributed by atoms with van der Waals surface area (Å²) in [7, 11) is 0. The third kappa shape index (κ3) is 3.95. The van der Waals surface area contributed by atoms with Crippen molar-refractivity contribution in [3.8, 4) is 5.06 Å². The molecule has 0 bridgehead atoms. The Labute approximate surface area is 180 Å². The maximum absolute atomic E-state index is 13.2. The van der Waals surface area contributed by atoms with E-state index in [1.165, 1.54) is 17.4 Å². The number of carbonyl (C=O) groups excluding carboxylic acids is 3. The molecule has 31 heavy (non-hydrogen) atoms. The van der Waals surface area contributed by atoms with Gasteiger partial charge in [0.2, 0.25) is 6.41 Å². The summed E-state index contributed by atoms with van der Waals surface area (Å²) >= 11 is 1.35. The summed E-state index contributed by atoms with van der Waals surface area (Å²) in [4.78, 5) is 58.1. The van der Waals surface area contributed by atoms with Crippen molar-refractivity contribution in [1.29, 1.82) is 0 Å². The van der Waals surface area contributed by atoms with Crippen molar-refractivity contribution in [3.05, 3.63) is 51.4 Å². The number of nitrogens with one attached hydrogen (secondary N) is 2. The first kappa shape index (κ1) is 21.1. The largest absolute Gasteiger partial charge is 0.479 e. The van der Waals surface area contributed by atoms with Crippen LogP contribution in [0.25, 0.3) is 0 Å². The normalized spacial score (nSPS) is 18.5. The van der Waals surface area contributed by atoms with Gasteiger partial charge in [-0.25, -0.2) is 19.4 Å². The lowest BCUT2D eigenvalue weighted by molar-refractivity contribution is -0.332. The number of fused-ring (bicyclic) bond motifs is 2. The number of carboxylic acid groups (broad SMARTS) is 1. The van der Waals surface area contributed by atoms with Crippen LogP contribution in [0, 0.1) is 0 Å². The fourth-order valence-electron chi connectivity index (χ4n) is 3.54. The van der Waals surface area contributed by atoms with Crippen molar-refractivity contribution in [1.82, 2.24) is 10.6 Å². The summed E-state index contributed by atoms with van der Waals surface area (Å²) in [5, 5.41) is 14.7. The third-order valence-electron chi connectivity index (χ3n) is 4.95. The first-order valence-corrected chi connectivity index (χ1v) is 10.2. The number of rotatable bonds is 10. The van der Waals surface area contributed by atoms with Crippen LogP contribution in [0.1, 0.15) is 31.9 Å². The van der Waals surface area contributed by atoms with Gasteiger partial charge in [-0.2, -0.15) is 0 Å². The minimum absolute atomic E-state index is 0.150. The van der Waals surface area contributed by atoms with Crippen molar-refractivity contribution in [3.63, 3.8) is 0 Å². The molecule has 2 aromatic rings. The fraction of sp³-hybridized carbons (Fsp3) is 0.300. The van der Waals surface area contributed by atoms with Gasteiger partial charge in [0, 0.05) is 34.7 Å². The van der Waals surface area contributed by atoms with E-state index >= 15 is 0 Å². The predicted octanol–water partition coefficient (Wildman–Crippen LogP) is 0.518. The molecule has 0 spiro atoms. The summed E-state index contributed by atoms with van der Waals surface area (Å²) in [6, 6.07) is 6.37. The van der Waals surface area contributed by atoms with Gasteiger partial charge in [-0.1, -0.05) is 18.2 Å². The zero-order chi connectivity index (χ0) is 22.0. The number of ether oxygens (including phenoxy) is 1. The quantitative estimate of drug-likeness (QED) is 0.157. The van der Waals surface area contributed by atoms with Crippen LogP contribution >= 0.6 is 11.3 Å². The lowest BCUT2D eigenvalue weighted by atomic mass is 10.1. The Morgan fingerprint density at radius 2 is 2.16 bits per heavy atom. The molecule has 1 amide bonds. The van der Waals surface area contributed by atoms with Crippen molar-refractivity contribution in [2.75, 3.05) is 19.7 Å². The number of hydrogen-bond acceptors (Lipinski definition) is 9. The molecule has 1 aliphatic heterocycles. The Hall–Kier alpha value is -3.12. The highest BCUT2D eigenvalue weighted by Gasteiger charge is 2.64. The molecule has 1 aromatic carbocycles. The van der Waals surface area contributed by atoms with E-state index in [0.29, 0.717) is 23.6 Å². The molecule has 1 unspecified atom stereocenters. The van der Waals surface area contributed by atoms with Crippen LogP contribution in [0.2, 0.25) is 0 Å². The molecule has 1 aliphatic carbocycles. The maximum Gasteiger partial charge on any atom is 0.357 e. The molecular formula is C20H18N2O8S. The highest BCUT2D eigenvalue weighted by atomic mass is 32.1. The Morgan fingerprint density at radius 3 is 2.90 bits per heavy atom. The number of thiophene rings is 1. The van der Waals surface area contributed by atoms with E-state index < -0.39 is 29.9 Å². The van der Waals surface area contributed by atoms with E-state index in [2.05, 4.69) is 10.6 Å². The first-order chi connectivity index (χ1) is 15.0. The molecule has 0 fully saturated rings. The van der Waals surface area contributed by atoms with Crippen LogP contribution in [0.15, 0.2) is 24.3 Å². The Morgan fingerprint density at radius 1 is 1.32 bits per heavy atom. The molecule has 10 nitrogen and oxygen atoms in total. The van der Waals surface area contributed by atoms with Gasteiger partial charge in [-0.05, 0) is 18.1 Å². The Balaban J connectivity index is 1.61. The zero-order valence-electron chi connectivity index (χ0n) is 16.1. The first-order valence-electron chi connectivity index (χ1n) is 9.38. The van der Waals surface area contributed by atoms with Crippen molar-refractivity contribution in [2.24, 2.45) is 0 Å². The highest BCUT2D eigenvalue weighted by molar-refractivity contribution is 7.14. The zero-order valence-corrected chi connectivity index (χ0v) is 17.0. The number of carboxylic acids is 1. The van der Waals surface area contributed by atoms with Crippen LogP contribution in [0.5, 0.6) is 5.06 Å². The summed E-state index contributed by atoms with van der Waals surface area (Å²) in [5.41, 5.74) is -0.0972. The van der Waals surface area contributed by atoms with E-state index in [1.807, 2.05) is 0 Å². The van der Waals surface area contributed by atoms with Crippen LogP contribution in [-0.4, -0.2) is 48.9 Å². The second kappa shape index (κ2) is 8.55. The average Bonchev–Trinajstić information content (AvgIpc) is 3.23. The number of carbonyl (C=O) groups is 4. The fourth-order valence-corrected chi connectivity index (χ4v) is 4.57. The summed E-state index contributed by atoms with van der Waals surface area (Å²) in [6.45, 7) is 0.432. The second-order valence-corrected chi connectivity index (χ2v) is 8.00. The van der Waals surface area contributed by atoms with Crippen molar-refractivity contribution < 1.29 is 38.8 Å². The Bertz CT molecular complexity index is 1040. The minimum atomic E-state index is -1.85. The van der Waals surface area contributed by atoms with Gasteiger partial charge in [0.25, 0.3) is 5.60 Å². The highest BCUT2D eigenvalue weighted by Crippen LogP contribution is 2.54. The average molecular weight is 446 g/mol. The van der Waals surface area contributed by atoms with Crippen LogP contribution < -0.4 is 15.4 Å². The van der Waals surface area contributed by atoms with Crippen LogP contribution in [0.3, 0.4) is 0 Å². The molecule has 11 heteroatoms. The molecule has 162 valence electrons. The van der Waals surface area contributed by atoms with Gasteiger partial charge in [-0.15, -0.1) is 11.3 Å². The molecule has 2 heterocycles. The smallest absolute Gasteiger partial charge is 0.357 e. The molecule has 3 N–H and O–H groups in total. The van der Waals surface area contributed by atoms with Crippen molar-refractivity contribution >= 4 is 35.5 Å². The summed E-state index contributed by atoms with van der Waals surface area (Å²) < 4.78 is 5.57. The van der Waals surface area contributed by atoms with E-state index in [1.54, 1.807) is 18.2 Å². The van der Waals surface area contributed by atoms with Crippen molar-refractivity contribution in [2.45, 2.75) is 18.6 Å². The molecule has 0 saturated heterocycles. The van der Waals surface area contributed by atoms with Gasteiger partial charge in [0.05, 0.1) is 6.54 Å². The number of aliphatic carboxylic acids is 1. The number of esters is 1. The third-order valence-corrected chi connectivity index (χ3v) is 6.06. The predicted molar refractivity (Wildman–Crippen MR) is 106 cm³/mol. The van der Waals surface area contributed by atoms with E-state index in [9.17, 15) is 19.2 Å². The number of hydrogen-bond donors (Lipinski definition) is 3. The molecule has 0 radical (unpaired) electrons. The number of Topliss-reactive ketones (excluding diaryl/α,β-unsaturated/α-hetero) is 1. The van der Waals surface area contributed by atoms with E-state index in [0.717, 1.165) is 23.4 Å². The van der Waals surface area contributed by atoms with Gasteiger partial charge >= 0.3 is 11.9 Å².